The highest BCUT2D eigenvalue weighted by Gasteiger charge is 2.37. The zero-order valence-corrected chi connectivity index (χ0v) is 31.7. The van der Waals surface area contributed by atoms with Crippen molar-refractivity contribution in [3.8, 4) is 34.1 Å². The molecule has 6 rings (SSSR count). The summed E-state index contributed by atoms with van der Waals surface area (Å²) in [4.78, 5) is 41.0. The molecule has 19 heteroatoms. The average molecular weight is 825 g/mol. The van der Waals surface area contributed by atoms with Crippen LogP contribution >= 0.6 is 0 Å². The van der Waals surface area contributed by atoms with E-state index < -0.39 is 62.7 Å². The molecule has 1 aliphatic heterocycles. The van der Waals surface area contributed by atoms with E-state index in [1.165, 1.54) is 49.6 Å². The molecular formula is C39H36F4N6O8S. The second-order valence-electron chi connectivity index (χ2n) is 13.0. The number of rotatable bonds is 14. The first kappa shape index (κ1) is 41.2. The normalized spacial score (nSPS) is 12.8. The number of amides is 3. The van der Waals surface area contributed by atoms with Gasteiger partial charge in [-0.15, -0.1) is 0 Å². The van der Waals surface area contributed by atoms with Crippen molar-refractivity contribution < 1.29 is 54.6 Å². The van der Waals surface area contributed by atoms with Crippen LogP contribution in [0, 0.1) is 5.82 Å². The molecule has 0 saturated heterocycles. The van der Waals surface area contributed by atoms with Gasteiger partial charge in [-0.2, -0.15) is 18.3 Å². The first-order chi connectivity index (χ1) is 27.6. The molecule has 1 aromatic heterocycles. The van der Waals surface area contributed by atoms with Crippen molar-refractivity contribution >= 4 is 33.2 Å². The predicted octanol–water partition coefficient (Wildman–Crippen LogP) is 5.24. The van der Waals surface area contributed by atoms with E-state index in [9.17, 15) is 36.0 Å². The van der Waals surface area contributed by atoms with Crippen LogP contribution < -0.4 is 35.9 Å². The van der Waals surface area contributed by atoms with Gasteiger partial charge in [0.05, 0.1) is 28.9 Å². The van der Waals surface area contributed by atoms with Crippen LogP contribution in [0.5, 0.6) is 17.2 Å². The van der Waals surface area contributed by atoms with E-state index in [4.69, 9.17) is 19.9 Å². The zero-order valence-electron chi connectivity index (χ0n) is 30.9. The molecule has 1 atom stereocenters. The highest BCUT2D eigenvalue weighted by molar-refractivity contribution is 7.90. The third-order valence-electron chi connectivity index (χ3n) is 8.95. The van der Waals surface area contributed by atoms with Crippen molar-refractivity contribution in [1.29, 1.82) is 0 Å². The first-order valence-electron chi connectivity index (χ1n) is 17.5. The summed E-state index contributed by atoms with van der Waals surface area (Å²) < 4.78 is 99.1. The van der Waals surface area contributed by atoms with Crippen molar-refractivity contribution in [2.45, 2.75) is 36.5 Å². The van der Waals surface area contributed by atoms with Gasteiger partial charge in [-0.05, 0) is 79.0 Å². The molecule has 0 radical (unpaired) electrons. The molecular weight excluding hydrogens is 789 g/mol. The van der Waals surface area contributed by atoms with Crippen LogP contribution in [0.2, 0.25) is 0 Å². The topological polar surface area (TPSA) is 193 Å². The molecule has 2 heterocycles. The number of halogens is 4. The summed E-state index contributed by atoms with van der Waals surface area (Å²) in [5.41, 5.74) is 3.39. The van der Waals surface area contributed by atoms with Crippen molar-refractivity contribution in [2.24, 2.45) is 5.73 Å². The zero-order chi connectivity index (χ0) is 41.8. The number of sulfone groups is 1. The Balaban J connectivity index is 1.30. The number of carbonyl (C=O) groups excluding carboxylic acids is 3. The fraction of sp³-hybridized carbons (Fsp3) is 0.231. The van der Waals surface area contributed by atoms with Gasteiger partial charge < -0.3 is 35.9 Å². The number of methoxy groups -OCH3 is 1. The lowest BCUT2D eigenvalue weighted by Gasteiger charge is -2.20. The molecule has 0 spiro atoms. The lowest BCUT2D eigenvalue weighted by molar-refractivity contribution is -0.141. The molecule has 5 N–H and O–H groups in total. The van der Waals surface area contributed by atoms with Gasteiger partial charge in [-0.25, -0.2) is 17.5 Å². The van der Waals surface area contributed by atoms with Gasteiger partial charge >= 0.3 is 6.18 Å². The summed E-state index contributed by atoms with van der Waals surface area (Å²) >= 11 is 0. The first-order valence-corrected chi connectivity index (χ1v) is 19.4. The summed E-state index contributed by atoms with van der Waals surface area (Å²) in [5.74, 6) is -2.63. The van der Waals surface area contributed by atoms with Crippen molar-refractivity contribution in [1.82, 2.24) is 20.4 Å². The minimum absolute atomic E-state index is 0.0537. The predicted molar refractivity (Wildman–Crippen MR) is 202 cm³/mol. The third-order valence-corrected chi connectivity index (χ3v) is 10.1. The fourth-order valence-corrected chi connectivity index (χ4v) is 6.97. The summed E-state index contributed by atoms with van der Waals surface area (Å²) in [7, 11) is -2.42. The van der Waals surface area contributed by atoms with Crippen LogP contribution in [0.3, 0.4) is 0 Å². The Kier molecular flexibility index (Phi) is 12.0. The molecule has 58 heavy (non-hydrogen) atoms. The molecule has 3 amide bonds. The molecule has 1 aliphatic rings. The maximum atomic E-state index is 15.5. The van der Waals surface area contributed by atoms with Crippen molar-refractivity contribution in [3.63, 3.8) is 0 Å². The second kappa shape index (κ2) is 16.9. The number of anilines is 1. The quantitative estimate of drug-likeness (QED) is 0.108. The smallest absolute Gasteiger partial charge is 0.435 e. The number of hydrogen-bond donors (Lipinski definition) is 4. The van der Waals surface area contributed by atoms with Gasteiger partial charge in [0, 0.05) is 24.4 Å². The minimum Gasteiger partial charge on any atom is -0.497 e. The van der Waals surface area contributed by atoms with Crippen molar-refractivity contribution in [2.75, 3.05) is 32.0 Å². The molecule has 0 fully saturated rings. The number of nitrogens with one attached hydrogen (secondary N) is 3. The molecule has 5 aromatic rings. The van der Waals surface area contributed by atoms with E-state index in [1.54, 1.807) is 24.3 Å². The average Bonchev–Trinajstić information content (AvgIpc) is 3.87. The monoisotopic (exact) mass is 824 g/mol. The number of nitrogens with two attached hydrogens (primary N) is 1. The minimum atomic E-state index is -5.06. The molecule has 0 saturated carbocycles. The van der Waals surface area contributed by atoms with Gasteiger partial charge in [0.1, 0.15) is 23.3 Å². The number of benzene rings is 4. The van der Waals surface area contributed by atoms with E-state index in [0.717, 1.165) is 18.4 Å². The number of ether oxygens (including phenoxy) is 3. The Morgan fingerprint density at radius 3 is 2.43 bits per heavy atom. The number of fused-ring (bicyclic) bond motifs is 1. The van der Waals surface area contributed by atoms with Crippen molar-refractivity contribution in [3.05, 3.63) is 113 Å². The molecule has 0 unspecified atom stereocenters. The largest absolute Gasteiger partial charge is 0.497 e. The molecule has 0 bridgehead atoms. The number of hydrogen-bond acceptors (Lipinski definition) is 10. The van der Waals surface area contributed by atoms with E-state index in [-0.39, 0.29) is 59.3 Å². The molecule has 4 aromatic carbocycles. The van der Waals surface area contributed by atoms with Crippen LogP contribution in [0.1, 0.15) is 44.9 Å². The maximum absolute atomic E-state index is 15.5. The van der Waals surface area contributed by atoms with E-state index >= 15 is 4.39 Å². The summed E-state index contributed by atoms with van der Waals surface area (Å²) in [6.45, 7) is 0.291. The van der Waals surface area contributed by atoms with Crippen LogP contribution in [0.15, 0.2) is 89.8 Å². The van der Waals surface area contributed by atoms with Gasteiger partial charge in [0.25, 0.3) is 11.8 Å². The maximum Gasteiger partial charge on any atom is 0.435 e. The summed E-state index contributed by atoms with van der Waals surface area (Å²) in [5, 5.41) is 11.2. The molecule has 304 valence electrons. The number of alkyl halides is 3. The van der Waals surface area contributed by atoms with Gasteiger partial charge in [0.2, 0.25) is 12.7 Å². The Morgan fingerprint density at radius 1 is 0.966 bits per heavy atom. The van der Waals surface area contributed by atoms with Gasteiger partial charge in [-0.3, -0.25) is 14.4 Å². The van der Waals surface area contributed by atoms with Crippen LogP contribution in [-0.2, 0) is 27.4 Å². The van der Waals surface area contributed by atoms with Crippen LogP contribution in [0.4, 0.5) is 23.2 Å². The third kappa shape index (κ3) is 9.21. The fourth-order valence-electron chi connectivity index (χ4n) is 6.06. The molecule has 0 aliphatic carbocycles. The van der Waals surface area contributed by atoms with Crippen LogP contribution in [-0.4, -0.2) is 68.7 Å². The highest BCUT2D eigenvalue weighted by Crippen LogP contribution is 2.34. The number of aromatic nitrogens is 2. The summed E-state index contributed by atoms with van der Waals surface area (Å²) in [6, 6.07) is 17.4. The Hall–Kier alpha value is -6.47. The Labute approximate surface area is 329 Å². The summed E-state index contributed by atoms with van der Waals surface area (Å²) in [6.07, 6.45) is -3.66. The van der Waals surface area contributed by atoms with Gasteiger partial charge in [0.15, 0.2) is 27.0 Å². The standard InChI is InChI=1S/C39H36F4N6O8S/c1-55-24-11-13-30(26(18-24)36(50)47-29(7-5-15-44)37(51)45-20-22-9-14-32-33(16-22)57-21-56-32)49-31(19-35(48-49)39(41,42)43)38(52)46-28-12-10-23(17-27(28)40)25-6-3-4-8-34(25)58(2,53)54/h3-4,6,8-14,16-19,29H,5,7,15,20-21,44H2,1-2H3,(H,45,51)(H,46,52)(H,47,50)/t29-/m0/s1. The Morgan fingerprint density at radius 2 is 1.72 bits per heavy atom. The highest BCUT2D eigenvalue weighted by atomic mass is 32.2. The van der Waals surface area contributed by atoms with E-state index in [0.29, 0.717) is 34.2 Å². The lowest BCUT2D eigenvalue weighted by atomic mass is 10.0. The molecule has 14 nitrogen and oxygen atoms in total. The SMILES string of the molecule is COc1ccc(-n2nc(C(F)(F)F)cc2C(=O)Nc2ccc(-c3ccccc3S(C)(=O)=O)cc2F)c(C(=O)N[C@@H](CCCN)C(=O)NCc2ccc3c(c2)OCO3)c1. The number of carbonyl (C=O) groups is 3. The lowest BCUT2D eigenvalue weighted by Crippen LogP contribution is -2.47. The Bertz CT molecular complexity index is 2490. The van der Waals surface area contributed by atoms with E-state index in [1.807, 2.05) is 0 Å². The number of nitrogens with zero attached hydrogens (tertiary/aromatic N) is 2. The van der Waals surface area contributed by atoms with Gasteiger partial charge in [-0.1, -0.05) is 30.3 Å². The van der Waals surface area contributed by atoms with E-state index in [2.05, 4.69) is 21.0 Å². The van der Waals surface area contributed by atoms with Crippen LogP contribution in [0.25, 0.3) is 16.8 Å². The second-order valence-corrected chi connectivity index (χ2v) is 15.0.